The summed E-state index contributed by atoms with van der Waals surface area (Å²) in [6.07, 6.45) is 1.13. The number of hydrogen-bond acceptors (Lipinski definition) is 2. The summed E-state index contributed by atoms with van der Waals surface area (Å²) in [7, 11) is 0. The number of hydrogen-bond donors (Lipinski definition) is 1. The first-order valence-corrected chi connectivity index (χ1v) is 7.65. The van der Waals surface area contributed by atoms with Crippen LogP contribution in [0.25, 0.3) is 0 Å². The lowest BCUT2D eigenvalue weighted by atomic mass is 10.1. The van der Waals surface area contributed by atoms with E-state index in [4.69, 9.17) is 11.6 Å². The average Bonchev–Trinajstić information content (AvgIpc) is 2.38. The summed E-state index contributed by atoms with van der Waals surface area (Å²) in [6.45, 7) is 12.8. The smallest absolute Gasteiger partial charge is 0.0642 e. The molecule has 108 valence electrons. The minimum absolute atomic E-state index is 0.491. The van der Waals surface area contributed by atoms with Crippen LogP contribution >= 0.6 is 11.6 Å². The van der Waals surface area contributed by atoms with Crippen molar-refractivity contribution < 1.29 is 0 Å². The van der Waals surface area contributed by atoms with Crippen molar-refractivity contribution in [3.05, 3.63) is 28.8 Å². The maximum absolute atomic E-state index is 6.45. The van der Waals surface area contributed by atoms with Gasteiger partial charge in [-0.15, -0.1) is 0 Å². The molecule has 0 aliphatic carbocycles. The van der Waals surface area contributed by atoms with Crippen LogP contribution in [0.4, 0.5) is 5.69 Å². The highest BCUT2D eigenvalue weighted by Gasteiger charge is 2.14. The Morgan fingerprint density at radius 3 is 2.37 bits per heavy atom. The largest absolute Gasteiger partial charge is 0.368 e. The van der Waals surface area contributed by atoms with Crippen molar-refractivity contribution in [1.29, 1.82) is 0 Å². The van der Waals surface area contributed by atoms with Crippen molar-refractivity contribution in [2.24, 2.45) is 0 Å². The second kappa shape index (κ2) is 7.76. The van der Waals surface area contributed by atoms with Gasteiger partial charge in [0.05, 0.1) is 10.7 Å². The second-order valence-electron chi connectivity index (χ2n) is 5.36. The Bertz CT molecular complexity index is 390. The molecule has 0 fully saturated rings. The zero-order valence-corrected chi connectivity index (χ0v) is 13.6. The maximum Gasteiger partial charge on any atom is 0.0642 e. The molecule has 2 nitrogen and oxygen atoms in total. The van der Waals surface area contributed by atoms with Crippen LogP contribution in [0.1, 0.15) is 46.6 Å². The highest BCUT2D eigenvalue weighted by atomic mass is 35.5. The van der Waals surface area contributed by atoms with Gasteiger partial charge >= 0.3 is 0 Å². The fourth-order valence-electron chi connectivity index (χ4n) is 2.16. The molecule has 0 bridgehead atoms. The van der Waals surface area contributed by atoms with Gasteiger partial charge in [0.1, 0.15) is 0 Å². The second-order valence-corrected chi connectivity index (χ2v) is 5.77. The molecule has 3 heteroatoms. The first kappa shape index (κ1) is 16.3. The maximum atomic E-state index is 6.45. The molecular formula is C16H27ClN2. The van der Waals surface area contributed by atoms with E-state index in [1.807, 2.05) is 0 Å². The minimum atomic E-state index is 0.491. The summed E-state index contributed by atoms with van der Waals surface area (Å²) in [5, 5.41) is 4.27. The van der Waals surface area contributed by atoms with Crippen LogP contribution in [0, 0.1) is 0 Å². The summed E-state index contributed by atoms with van der Waals surface area (Å²) in [5.74, 6) is 0. The number of rotatable bonds is 7. The third-order valence-electron chi connectivity index (χ3n) is 3.50. The molecular weight excluding hydrogens is 256 g/mol. The molecule has 0 aliphatic rings. The van der Waals surface area contributed by atoms with Gasteiger partial charge in [0, 0.05) is 25.2 Å². The fourth-order valence-corrected chi connectivity index (χ4v) is 2.47. The molecule has 1 rings (SSSR count). The zero-order valence-electron chi connectivity index (χ0n) is 12.8. The Morgan fingerprint density at radius 2 is 1.89 bits per heavy atom. The molecule has 0 saturated heterocycles. The Hall–Kier alpha value is -0.730. The van der Waals surface area contributed by atoms with Crippen LogP contribution in [-0.4, -0.2) is 18.6 Å². The Morgan fingerprint density at radius 1 is 1.21 bits per heavy atom. The van der Waals surface area contributed by atoms with Crippen LogP contribution in [0.3, 0.4) is 0 Å². The molecule has 1 unspecified atom stereocenters. The standard InChI is InChI=1S/C16H27ClN2/c1-6-13(5)19(7-2)16-9-8-14(10-15(16)17)11-18-12(3)4/h8-10,12-13,18H,6-7,11H2,1-5H3. The van der Waals surface area contributed by atoms with Crippen molar-refractivity contribution in [1.82, 2.24) is 5.32 Å². The van der Waals surface area contributed by atoms with E-state index in [1.54, 1.807) is 0 Å². The summed E-state index contributed by atoms with van der Waals surface area (Å²) in [6, 6.07) is 7.40. The van der Waals surface area contributed by atoms with E-state index in [0.29, 0.717) is 12.1 Å². The van der Waals surface area contributed by atoms with Crippen molar-refractivity contribution >= 4 is 17.3 Å². The van der Waals surface area contributed by atoms with Crippen LogP contribution in [0.2, 0.25) is 5.02 Å². The van der Waals surface area contributed by atoms with E-state index in [1.165, 1.54) is 5.56 Å². The molecule has 19 heavy (non-hydrogen) atoms. The van der Waals surface area contributed by atoms with E-state index in [-0.39, 0.29) is 0 Å². The van der Waals surface area contributed by atoms with Crippen molar-refractivity contribution in [2.75, 3.05) is 11.4 Å². The molecule has 0 radical (unpaired) electrons. The van der Waals surface area contributed by atoms with E-state index in [0.717, 1.165) is 30.2 Å². The van der Waals surface area contributed by atoms with Crippen molar-refractivity contribution in [3.8, 4) is 0 Å². The monoisotopic (exact) mass is 282 g/mol. The summed E-state index contributed by atoms with van der Waals surface area (Å²) >= 11 is 6.45. The molecule has 0 saturated carbocycles. The summed E-state index contributed by atoms with van der Waals surface area (Å²) in [5.41, 5.74) is 2.38. The van der Waals surface area contributed by atoms with Crippen LogP contribution in [0.15, 0.2) is 18.2 Å². The third kappa shape index (κ3) is 4.70. The predicted octanol–water partition coefficient (Wildman–Crippen LogP) is 4.46. The van der Waals surface area contributed by atoms with Crippen molar-refractivity contribution in [2.45, 2.75) is 59.7 Å². The SMILES string of the molecule is CCC(C)N(CC)c1ccc(CNC(C)C)cc1Cl. The number of anilines is 1. The number of nitrogens with zero attached hydrogens (tertiary/aromatic N) is 1. The van der Waals surface area contributed by atoms with E-state index < -0.39 is 0 Å². The predicted molar refractivity (Wildman–Crippen MR) is 86.2 cm³/mol. The topological polar surface area (TPSA) is 15.3 Å². The van der Waals surface area contributed by atoms with Crippen LogP contribution in [0.5, 0.6) is 0 Å². The van der Waals surface area contributed by atoms with Gasteiger partial charge in [0.25, 0.3) is 0 Å². The first-order chi connectivity index (χ1) is 8.99. The van der Waals surface area contributed by atoms with Gasteiger partial charge < -0.3 is 10.2 Å². The van der Waals surface area contributed by atoms with Gasteiger partial charge in [0.2, 0.25) is 0 Å². The molecule has 1 N–H and O–H groups in total. The van der Waals surface area contributed by atoms with Gasteiger partial charge in [-0.2, -0.15) is 0 Å². The molecule has 1 aromatic carbocycles. The molecule has 0 amide bonds. The Labute approximate surface area is 123 Å². The third-order valence-corrected chi connectivity index (χ3v) is 3.80. The summed E-state index contributed by atoms with van der Waals surface area (Å²) < 4.78 is 0. The van der Waals surface area contributed by atoms with Gasteiger partial charge in [0.15, 0.2) is 0 Å². The highest BCUT2D eigenvalue weighted by Crippen LogP contribution is 2.29. The van der Waals surface area contributed by atoms with Gasteiger partial charge in [-0.05, 0) is 38.0 Å². The lowest BCUT2D eigenvalue weighted by Gasteiger charge is -2.30. The molecule has 0 aliphatic heterocycles. The quantitative estimate of drug-likeness (QED) is 0.794. The van der Waals surface area contributed by atoms with Gasteiger partial charge in [-0.25, -0.2) is 0 Å². The summed E-state index contributed by atoms with van der Waals surface area (Å²) in [4.78, 5) is 2.36. The average molecular weight is 283 g/mol. The minimum Gasteiger partial charge on any atom is -0.368 e. The fraction of sp³-hybridized carbons (Fsp3) is 0.625. The highest BCUT2D eigenvalue weighted by molar-refractivity contribution is 6.33. The molecule has 0 spiro atoms. The number of halogens is 1. The Balaban J connectivity index is 2.86. The lowest BCUT2D eigenvalue weighted by molar-refractivity contribution is 0.588. The van der Waals surface area contributed by atoms with Crippen LogP contribution < -0.4 is 10.2 Å². The van der Waals surface area contributed by atoms with Crippen LogP contribution in [-0.2, 0) is 6.54 Å². The number of benzene rings is 1. The first-order valence-electron chi connectivity index (χ1n) is 7.28. The van der Waals surface area contributed by atoms with Gasteiger partial charge in [-0.3, -0.25) is 0 Å². The van der Waals surface area contributed by atoms with E-state index in [9.17, 15) is 0 Å². The Kier molecular flexibility index (Phi) is 6.67. The molecule has 0 heterocycles. The normalized spacial score (nSPS) is 12.8. The number of nitrogens with one attached hydrogen (secondary N) is 1. The van der Waals surface area contributed by atoms with Crippen molar-refractivity contribution in [3.63, 3.8) is 0 Å². The lowest BCUT2D eigenvalue weighted by Crippen LogP contribution is -2.32. The van der Waals surface area contributed by atoms with Gasteiger partial charge in [-0.1, -0.05) is 38.4 Å². The molecule has 1 atom stereocenters. The zero-order chi connectivity index (χ0) is 14.4. The van der Waals surface area contributed by atoms with E-state index >= 15 is 0 Å². The van der Waals surface area contributed by atoms with E-state index in [2.05, 4.69) is 63.0 Å². The molecule has 0 aromatic heterocycles. The molecule has 1 aromatic rings.